The first-order valence-corrected chi connectivity index (χ1v) is 10.6. The molecule has 1 unspecified atom stereocenters. The molecule has 30 heavy (non-hydrogen) atoms. The van der Waals surface area contributed by atoms with Crippen molar-refractivity contribution in [3.63, 3.8) is 0 Å². The van der Waals surface area contributed by atoms with Crippen LogP contribution in [0.4, 0.5) is 4.39 Å². The molecule has 1 aliphatic heterocycles. The maximum absolute atomic E-state index is 14.6. The average Bonchev–Trinajstić information content (AvgIpc) is 3.04. The van der Waals surface area contributed by atoms with Gasteiger partial charge in [-0.3, -0.25) is 0 Å². The SMILES string of the molecule is CC1S[C@H](COC(=O)/C=C/c2ccccc2)[C@@H](OC(=O)/C=C/c2ccccc2)[C@@H]1F. The number of esters is 2. The summed E-state index contributed by atoms with van der Waals surface area (Å²) in [6, 6.07) is 18.6. The second-order valence-electron chi connectivity index (χ2n) is 6.84. The quantitative estimate of drug-likeness (QED) is 0.474. The molecule has 0 aliphatic carbocycles. The summed E-state index contributed by atoms with van der Waals surface area (Å²) in [6.45, 7) is 1.70. The van der Waals surface area contributed by atoms with Crippen LogP contribution in [0.25, 0.3) is 12.2 Å². The lowest BCUT2D eigenvalue weighted by molar-refractivity contribution is -0.147. The minimum absolute atomic E-state index is 0.0340. The van der Waals surface area contributed by atoms with E-state index < -0.39 is 29.5 Å². The van der Waals surface area contributed by atoms with Gasteiger partial charge in [-0.2, -0.15) is 0 Å². The highest BCUT2D eigenvalue weighted by Gasteiger charge is 2.45. The van der Waals surface area contributed by atoms with Gasteiger partial charge in [0.25, 0.3) is 0 Å². The second-order valence-corrected chi connectivity index (χ2v) is 8.46. The fraction of sp³-hybridized carbons (Fsp3) is 0.250. The lowest BCUT2D eigenvalue weighted by Gasteiger charge is -2.19. The first kappa shape index (κ1) is 21.8. The Morgan fingerprint density at radius 2 is 1.47 bits per heavy atom. The van der Waals surface area contributed by atoms with Crippen LogP contribution in [0.15, 0.2) is 72.8 Å². The zero-order valence-corrected chi connectivity index (χ0v) is 17.3. The summed E-state index contributed by atoms with van der Waals surface area (Å²) in [6.07, 6.45) is 3.58. The smallest absolute Gasteiger partial charge is 0.331 e. The Bertz CT molecular complexity index is 898. The van der Waals surface area contributed by atoms with Crippen LogP contribution < -0.4 is 0 Å². The molecule has 2 aromatic rings. The summed E-state index contributed by atoms with van der Waals surface area (Å²) >= 11 is 1.32. The Labute approximate surface area is 179 Å². The fourth-order valence-corrected chi connectivity index (χ4v) is 4.38. The second kappa shape index (κ2) is 10.8. The number of carbonyl (C=O) groups is 2. The van der Waals surface area contributed by atoms with E-state index in [2.05, 4.69) is 0 Å². The van der Waals surface area contributed by atoms with E-state index in [1.165, 1.54) is 23.9 Å². The van der Waals surface area contributed by atoms with Gasteiger partial charge in [0.05, 0.1) is 5.25 Å². The predicted octanol–water partition coefficient (Wildman–Crippen LogP) is 4.71. The number of ether oxygens (including phenoxy) is 2. The highest BCUT2D eigenvalue weighted by Crippen LogP contribution is 2.38. The molecule has 0 saturated carbocycles. The van der Waals surface area contributed by atoms with Crippen molar-refractivity contribution in [2.75, 3.05) is 6.61 Å². The van der Waals surface area contributed by atoms with Gasteiger partial charge < -0.3 is 9.47 Å². The topological polar surface area (TPSA) is 52.6 Å². The number of hydrogen-bond acceptors (Lipinski definition) is 5. The third kappa shape index (κ3) is 6.32. The molecule has 1 saturated heterocycles. The van der Waals surface area contributed by atoms with E-state index >= 15 is 0 Å². The van der Waals surface area contributed by atoms with Gasteiger partial charge in [0.1, 0.15) is 18.9 Å². The maximum atomic E-state index is 14.6. The first-order valence-electron chi connectivity index (χ1n) is 9.66. The standard InChI is InChI=1S/C24H23FO4S/c1-17-23(25)24(29-22(27)15-13-19-10-6-3-7-11-19)20(30-17)16-28-21(26)14-12-18-8-4-2-5-9-18/h2-15,17,20,23-24H,16H2,1H3/b14-12+,15-13+/t17?,20-,23-,24-/m1/s1. The predicted molar refractivity (Wildman–Crippen MR) is 118 cm³/mol. The van der Waals surface area contributed by atoms with Crippen molar-refractivity contribution >= 4 is 35.9 Å². The van der Waals surface area contributed by atoms with Gasteiger partial charge in [0, 0.05) is 17.4 Å². The Morgan fingerprint density at radius 1 is 0.933 bits per heavy atom. The summed E-state index contributed by atoms with van der Waals surface area (Å²) in [5, 5.41) is -0.817. The van der Waals surface area contributed by atoms with Crippen LogP contribution in [0.1, 0.15) is 18.1 Å². The molecule has 4 atom stereocenters. The highest BCUT2D eigenvalue weighted by molar-refractivity contribution is 8.00. The first-order chi connectivity index (χ1) is 14.5. The molecule has 0 aromatic heterocycles. The lowest BCUT2D eigenvalue weighted by atomic mass is 10.1. The van der Waals surface area contributed by atoms with Crippen molar-refractivity contribution in [2.24, 2.45) is 0 Å². The maximum Gasteiger partial charge on any atom is 0.331 e. The highest BCUT2D eigenvalue weighted by atomic mass is 32.2. The zero-order valence-electron chi connectivity index (χ0n) is 16.5. The van der Waals surface area contributed by atoms with Gasteiger partial charge >= 0.3 is 11.9 Å². The monoisotopic (exact) mass is 426 g/mol. The molecule has 0 spiro atoms. The lowest BCUT2D eigenvalue weighted by Crippen LogP contribution is -2.35. The van der Waals surface area contributed by atoms with Gasteiger partial charge in [0.2, 0.25) is 0 Å². The van der Waals surface area contributed by atoms with Crippen LogP contribution in [0.3, 0.4) is 0 Å². The molecule has 0 amide bonds. The fourth-order valence-electron chi connectivity index (χ4n) is 3.02. The average molecular weight is 427 g/mol. The molecule has 1 aliphatic rings. The van der Waals surface area contributed by atoms with Crippen molar-refractivity contribution < 1.29 is 23.5 Å². The van der Waals surface area contributed by atoms with Crippen LogP contribution in [0, 0.1) is 0 Å². The summed E-state index contributed by atoms with van der Waals surface area (Å²) in [5.74, 6) is -1.15. The van der Waals surface area contributed by atoms with Crippen molar-refractivity contribution in [1.29, 1.82) is 0 Å². The molecular weight excluding hydrogens is 403 g/mol. The Balaban J connectivity index is 1.54. The van der Waals surface area contributed by atoms with E-state index in [-0.39, 0.29) is 11.9 Å². The number of rotatable bonds is 7. The molecule has 0 radical (unpaired) electrons. The summed E-state index contributed by atoms with van der Waals surface area (Å²) in [7, 11) is 0. The Morgan fingerprint density at radius 3 is 2.03 bits per heavy atom. The number of halogens is 1. The Kier molecular flexibility index (Phi) is 7.85. The Hall–Kier alpha value is -2.86. The molecule has 3 rings (SSSR count). The van der Waals surface area contributed by atoms with Gasteiger partial charge in [-0.1, -0.05) is 67.6 Å². The minimum atomic E-state index is -1.33. The summed E-state index contributed by atoms with van der Waals surface area (Å²) < 4.78 is 25.2. The van der Waals surface area contributed by atoms with Crippen molar-refractivity contribution in [2.45, 2.75) is 29.7 Å². The van der Waals surface area contributed by atoms with Crippen LogP contribution in [0.2, 0.25) is 0 Å². The van der Waals surface area contributed by atoms with Crippen LogP contribution in [-0.2, 0) is 19.1 Å². The molecule has 0 N–H and O–H groups in total. The molecule has 0 bridgehead atoms. The summed E-state index contributed by atoms with van der Waals surface area (Å²) in [5.41, 5.74) is 1.72. The number of benzene rings is 2. The van der Waals surface area contributed by atoms with E-state index in [1.807, 2.05) is 60.7 Å². The molecule has 2 aromatic carbocycles. The molecule has 4 nitrogen and oxygen atoms in total. The van der Waals surface area contributed by atoms with Crippen LogP contribution in [-0.4, -0.2) is 41.3 Å². The molecule has 6 heteroatoms. The van der Waals surface area contributed by atoms with Gasteiger partial charge in [-0.15, -0.1) is 11.8 Å². The van der Waals surface area contributed by atoms with Crippen molar-refractivity contribution in [3.05, 3.63) is 83.9 Å². The van der Waals surface area contributed by atoms with Crippen LogP contribution in [0.5, 0.6) is 0 Å². The van der Waals surface area contributed by atoms with Crippen molar-refractivity contribution in [3.8, 4) is 0 Å². The van der Waals surface area contributed by atoms with E-state index in [4.69, 9.17) is 9.47 Å². The van der Waals surface area contributed by atoms with E-state index in [1.54, 1.807) is 19.1 Å². The van der Waals surface area contributed by atoms with Gasteiger partial charge in [-0.25, -0.2) is 14.0 Å². The third-order valence-electron chi connectivity index (χ3n) is 4.58. The number of thioether (sulfide) groups is 1. The summed E-state index contributed by atoms with van der Waals surface area (Å²) in [4.78, 5) is 24.2. The van der Waals surface area contributed by atoms with Crippen molar-refractivity contribution in [1.82, 2.24) is 0 Å². The van der Waals surface area contributed by atoms with Gasteiger partial charge in [0.15, 0.2) is 0 Å². The minimum Gasteiger partial charge on any atom is -0.461 e. The van der Waals surface area contributed by atoms with Gasteiger partial charge in [-0.05, 0) is 23.3 Å². The zero-order chi connectivity index (χ0) is 21.3. The normalized spacial score (nSPS) is 23.7. The van der Waals surface area contributed by atoms with Crippen LogP contribution >= 0.6 is 11.8 Å². The third-order valence-corrected chi connectivity index (χ3v) is 6.03. The van der Waals surface area contributed by atoms with E-state index in [9.17, 15) is 14.0 Å². The molecule has 1 fully saturated rings. The molecule has 1 heterocycles. The van der Waals surface area contributed by atoms with E-state index in [0.717, 1.165) is 11.1 Å². The van der Waals surface area contributed by atoms with E-state index in [0.29, 0.717) is 0 Å². The molecule has 156 valence electrons. The number of alkyl halides is 1. The number of carbonyl (C=O) groups excluding carboxylic acids is 2. The molecular formula is C24H23FO4S. The largest absolute Gasteiger partial charge is 0.461 e. The number of hydrogen-bond donors (Lipinski definition) is 0.